The maximum atomic E-state index is 12.7. The van der Waals surface area contributed by atoms with Crippen LogP contribution in [0.2, 0.25) is 0 Å². The zero-order chi connectivity index (χ0) is 13.4. The number of halogens is 2. The van der Waals surface area contributed by atoms with Gasteiger partial charge in [-0.3, -0.25) is 9.63 Å². The van der Waals surface area contributed by atoms with E-state index in [1.54, 1.807) is 6.07 Å². The average Bonchev–Trinajstić information content (AvgIpc) is 2.38. The van der Waals surface area contributed by atoms with Crippen molar-refractivity contribution in [2.45, 2.75) is 0 Å². The van der Waals surface area contributed by atoms with Crippen molar-refractivity contribution in [1.29, 1.82) is 5.26 Å². The van der Waals surface area contributed by atoms with Crippen LogP contribution < -0.4 is 0 Å². The van der Waals surface area contributed by atoms with E-state index in [9.17, 15) is 9.18 Å². The van der Waals surface area contributed by atoms with Crippen LogP contribution in [0, 0.1) is 27.9 Å². The molecule has 0 aliphatic carbocycles. The summed E-state index contributed by atoms with van der Waals surface area (Å²) in [6, 6.07) is 6.77. The fourth-order valence-corrected chi connectivity index (χ4v) is 1.23. The van der Waals surface area contributed by atoms with Gasteiger partial charge in [0.2, 0.25) is 0 Å². The van der Waals surface area contributed by atoms with E-state index in [0.29, 0.717) is 0 Å². The summed E-state index contributed by atoms with van der Waals surface area (Å²) >= 11 is 2.88. The normalized spacial score (nSPS) is 8.94. The lowest BCUT2D eigenvalue weighted by atomic mass is 10.2. The Balaban J connectivity index is 2.77. The van der Waals surface area contributed by atoms with Crippen LogP contribution in [-0.2, 0) is 4.84 Å². The summed E-state index contributed by atoms with van der Waals surface area (Å²) in [5.41, 5.74) is 0.235. The van der Waals surface area contributed by atoms with Crippen molar-refractivity contribution in [2.75, 3.05) is 13.2 Å². The molecule has 1 aromatic rings. The molecular weight excluding hydrogens is 303 g/mol. The Hall–Kier alpha value is -1.89. The second-order valence-corrected chi connectivity index (χ2v) is 3.45. The molecule has 0 aliphatic heterocycles. The summed E-state index contributed by atoms with van der Waals surface area (Å²) in [7, 11) is 0. The third-order valence-electron chi connectivity index (χ3n) is 1.89. The van der Waals surface area contributed by atoms with Gasteiger partial charge in [-0.15, -0.1) is 0 Å². The first-order chi connectivity index (χ1) is 8.69. The van der Waals surface area contributed by atoms with Gasteiger partial charge in [0.1, 0.15) is 19.0 Å². The number of nitriles is 1. The predicted molar refractivity (Wildman–Crippen MR) is 65.7 cm³/mol. The molecule has 0 aromatic heterocycles. The Morgan fingerprint density at radius 3 is 2.67 bits per heavy atom. The Kier molecular flexibility index (Phi) is 5.86. The Morgan fingerprint density at radius 2 is 2.11 bits per heavy atom. The first-order valence-electron chi connectivity index (χ1n) is 4.85. The molecule has 1 amide bonds. The van der Waals surface area contributed by atoms with Gasteiger partial charge in [0.25, 0.3) is 5.91 Å². The van der Waals surface area contributed by atoms with Crippen molar-refractivity contribution >= 4 is 21.8 Å². The largest absolute Gasteiger partial charge is 0.278 e. The minimum absolute atomic E-state index is 0.0279. The zero-order valence-electron chi connectivity index (χ0n) is 9.19. The predicted octanol–water partition coefficient (Wildman–Crippen LogP) is 2.08. The van der Waals surface area contributed by atoms with Gasteiger partial charge in [-0.2, -0.15) is 5.26 Å². The molecule has 0 bridgehead atoms. The van der Waals surface area contributed by atoms with Crippen molar-refractivity contribution in [2.24, 2.45) is 0 Å². The van der Waals surface area contributed by atoms with Gasteiger partial charge in [0.05, 0.1) is 6.07 Å². The molecule has 18 heavy (non-hydrogen) atoms. The Morgan fingerprint density at radius 1 is 1.44 bits per heavy atom. The molecule has 0 unspecified atom stereocenters. The first kappa shape index (κ1) is 14.2. The molecule has 1 rings (SSSR count). The summed E-state index contributed by atoms with van der Waals surface area (Å²) in [4.78, 5) is 19.4. The molecule has 0 saturated carbocycles. The molecule has 0 aliphatic rings. The van der Waals surface area contributed by atoms with E-state index >= 15 is 0 Å². The van der Waals surface area contributed by atoms with Crippen molar-refractivity contribution in [3.05, 3.63) is 35.6 Å². The van der Waals surface area contributed by atoms with Crippen LogP contribution in [-0.4, -0.2) is 24.1 Å². The van der Waals surface area contributed by atoms with Crippen LogP contribution in [0.15, 0.2) is 24.3 Å². The highest BCUT2D eigenvalue weighted by Gasteiger charge is 2.16. The maximum Gasteiger partial charge on any atom is 0.278 e. The third kappa shape index (κ3) is 4.17. The van der Waals surface area contributed by atoms with E-state index in [0.717, 1.165) is 17.2 Å². The fraction of sp³-hybridized carbons (Fsp3) is 0.167. The van der Waals surface area contributed by atoms with Crippen LogP contribution in [0.4, 0.5) is 4.39 Å². The molecule has 0 spiro atoms. The van der Waals surface area contributed by atoms with E-state index in [2.05, 4.69) is 26.7 Å². The van der Waals surface area contributed by atoms with Crippen LogP contribution in [0.25, 0.3) is 0 Å². The van der Waals surface area contributed by atoms with E-state index in [1.165, 1.54) is 12.1 Å². The Bertz CT molecular complexity index is 514. The second kappa shape index (κ2) is 7.44. The number of carbonyl (C=O) groups excluding carboxylic acids is 1. The van der Waals surface area contributed by atoms with E-state index in [4.69, 9.17) is 10.1 Å². The molecule has 0 N–H and O–H groups in total. The number of rotatable bonds is 4. The highest BCUT2D eigenvalue weighted by Crippen LogP contribution is 2.07. The molecule has 0 saturated heterocycles. The van der Waals surface area contributed by atoms with Gasteiger partial charge in [-0.25, -0.2) is 9.45 Å². The number of carbonyl (C=O) groups is 1. The molecule has 4 nitrogen and oxygen atoms in total. The number of amides is 1. The van der Waals surface area contributed by atoms with E-state index in [-0.39, 0.29) is 18.7 Å². The van der Waals surface area contributed by atoms with Crippen molar-refractivity contribution in [3.63, 3.8) is 0 Å². The lowest BCUT2D eigenvalue weighted by molar-refractivity contribution is -0.101. The van der Waals surface area contributed by atoms with Crippen molar-refractivity contribution in [3.8, 4) is 16.8 Å². The van der Waals surface area contributed by atoms with E-state index in [1.807, 2.05) is 0 Å². The molecular formula is C12H8BrFN2O2. The topological polar surface area (TPSA) is 53.3 Å². The van der Waals surface area contributed by atoms with Gasteiger partial charge in [-0.05, 0) is 29.1 Å². The molecule has 92 valence electrons. The van der Waals surface area contributed by atoms with Gasteiger partial charge >= 0.3 is 0 Å². The lowest BCUT2D eigenvalue weighted by Gasteiger charge is -2.17. The van der Waals surface area contributed by atoms with Crippen LogP contribution in [0.5, 0.6) is 0 Å². The zero-order valence-corrected chi connectivity index (χ0v) is 10.8. The minimum Gasteiger partial charge on any atom is -0.267 e. The number of nitrogens with zero attached hydrogens (tertiary/aromatic N) is 2. The molecule has 6 heteroatoms. The SMILES string of the molecule is N#CCN(OCC#CBr)C(=O)c1ccc(F)cc1. The smallest absolute Gasteiger partial charge is 0.267 e. The number of benzene rings is 1. The maximum absolute atomic E-state index is 12.7. The molecule has 0 heterocycles. The second-order valence-electron chi connectivity index (χ2n) is 3.05. The first-order valence-corrected chi connectivity index (χ1v) is 5.64. The van der Waals surface area contributed by atoms with E-state index < -0.39 is 11.7 Å². The highest BCUT2D eigenvalue weighted by atomic mass is 79.9. The minimum atomic E-state index is -0.520. The Labute approximate surface area is 112 Å². The fourth-order valence-electron chi connectivity index (χ4n) is 1.11. The van der Waals surface area contributed by atoms with Crippen LogP contribution in [0.3, 0.4) is 0 Å². The molecule has 0 radical (unpaired) electrons. The standard InChI is InChI=1S/C12H8BrFN2O2/c13-6-1-9-18-16(8-7-15)12(17)10-2-4-11(14)5-3-10/h2-5H,8-9H2. The summed E-state index contributed by atoms with van der Waals surface area (Å²) in [5, 5.41) is 9.48. The summed E-state index contributed by atoms with van der Waals surface area (Å²) in [6.07, 6.45) is 0. The number of hydrogen-bond acceptors (Lipinski definition) is 3. The molecule has 0 fully saturated rings. The van der Waals surface area contributed by atoms with Crippen molar-refractivity contribution < 1.29 is 14.0 Å². The van der Waals surface area contributed by atoms with Gasteiger partial charge in [0, 0.05) is 21.5 Å². The number of hydrogen-bond donors (Lipinski definition) is 0. The average molecular weight is 311 g/mol. The summed E-state index contributed by atoms with van der Waals surface area (Å²) < 4.78 is 12.7. The summed E-state index contributed by atoms with van der Waals surface area (Å²) in [6.45, 7) is -0.264. The van der Waals surface area contributed by atoms with Gasteiger partial charge < -0.3 is 0 Å². The number of hydroxylamine groups is 2. The van der Waals surface area contributed by atoms with Crippen LogP contribution >= 0.6 is 15.9 Å². The lowest BCUT2D eigenvalue weighted by Crippen LogP contribution is -2.31. The molecule has 1 aromatic carbocycles. The third-order valence-corrected chi connectivity index (χ3v) is 2.17. The van der Waals surface area contributed by atoms with Gasteiger partial charge in [-0.1, -0.05) is 5.92 Å². The summed E-state index contributed by atoms with van der Waals surface area (Å²) in [5.74, 6) is 1.57. The molecule has 0 atom stereocenters. The van der Waals surface area contributed by atoms with Crippen LogP contribution in [0.1, 0.15) is 10.4 Å². The van der Waals surface area contributed by atoms with Crippen molar-refractivity contribution in [1.82, 2.24) is 5.06 Å². The monoisotopic (exact) mass is 310 g/mol. The quantitative estimate of drug-likeness (QED) is 0.486. The van der Waals surface area contributed by atoms with Gasteiger partial charge in [0.15, 0.2) is 0 Å². The highest BCUT2D eigenvalue weighted by molar-refractivity contribution is 9.12.